The van der Waals surface area contributed by atoms with Crippen LogP contribution in [0.3, 0.4) is 0 Å². The van der Waals surface area contributed by atoms with Crippen molar-refractivity contribution < 1.29 is 17.9 Å². The van der Waals surface area contributed by atoms with Crippen molar-refractivity contribution in [1.29, 1.82) is 0 Å². The third-order valence-corrected chi connectivity index (χ3v) is 3.51. The standard InChI is InChI=1S/C17H14F3N3O/c1-24-15-8-10(21)6-7-14(15)23-16-9-12(17(18,19)20)11-4-2-3-5-13(11)22-16/h2-9H,21H2,1H3,(H,22,23). The Kier molecular flexibility index (Phi) is 3.92. The highest BCUT2D eigenvalue weighted by Crippen LogP contribution is 2.37. The molecule has 2 aromatic carbocycles. The maximum absolute atomic E-state index is 13.3. The summed E-state index contributed by atoms with van der Waals surface area (Å²) >= 11 is 0. The van der Waals surface area contributed by atoms with Crippen LogP contribution < -0.4 is 15.8 Å². The first-order valence-corrected chi connectivity index (χ1v) is 7.06. The van der Waals surface area contributed by atoms with Gasteiger partial charge in [-0.05, 0) is 24.3 Å². The zero-order chi connectivity index (χ0) is 17.3. The number of pyridine rings is 1. The van der Waals surface area contributed by atoms with Gasteiger partial charge in [-0.15, -0.1) is 0 Å². The molecule has 1 aromatic heterocycles. The highest BCUT2D eigenvalue weighted by atomic mass is 19.4. The molecule has 0 saturated heterocycles. The minimum absolute atomic E-state index is 0.0554. The van der Waals surface area contributed by atoms with Crippen LogP contribution in [-0.2, 0) is 6.18 Å². The first-order valence-electron chi connectivity index (χ1n) is 7.06. The van der Waals surface area contributed by atoms with E-state index in [4.69, 9.17) is 10.5 Å². The summed E-state index contributed by atoms with van der Waals surface area (Å²) in [5, 5.41) is 2.92. The third kappa shape index (κ3) is 3.05. The van der Waals surface area contributed by atoms with Crippen molar-refractivity contribution in [3.63, 3.8) is 0 Å². The zero-order valence-electron chi connectivity index (χ0n) is 12.7. The Morgan fingerprint density at radius 1 is 1.08 bits per heavy atom. The molecule has 7 heteroatoms. The summed E-state index contributed by atoms with van der Waals surface area (Å²) < 4.78 is 45.2. The Balaban J connectivity index is 2.11. The first-order chi connectivity index (χ1) is 11.4. The molecule has 3 rings (SSSR count). The van der Waals surface area contributed by atoms with Crippen molar-refractivity contribution in [2.45, 2.75) is 6.18 Å². The van der Waals surface area contributed by atoms with E-state index < -0.39 is 11.7 Å². The van der Waals surface area contributed by atoms with E-state index in [1.165, 1.54) is 19.2 Å². The summed E-state index contributed by atoms with van der Waals surface area (Å²) in [6, 6.07) is 11.9. The quantitative estimate of drug-likeness (QED) is 0.688. The molecule has 3 aromatic rings. The maximum Gasteiger partial charge on any atom is 0.417 e. The molecular weight excluding hydrogens is 319 g/mol. The number of alkyl halides is 3. The fraction of sp³-hybridized carbons (Fsp3) is 0.118. The summed E-state index contributed by atoms with van der Waals surface area (Å²) in [4.78, 5) is 4.24. The molecule has 0 amide bonds. The molecule has 0 aliphatic rings. The van der Waals surface area contributed by atoms with Crippen LogP contribution in [0.1, 0.15) is 5.56 Å². The largest absolute Gasteiger partial charge is 0.494 e. The van der Waals surface area contributed by atoms with Gasteiger partial charge in [-0.1, -0.05) is 18.2 Å². The van der Waals surface area contributed by atoms with Gasteiger partial charge in [0, 0.05) is 17.1 Å². The monoisotopic (exact) mass is 333 g/mol. The number of nitrogens with one attached hydrogen (secondary N) is 1. The number of nitrogens with zero attached hydrogens (tertiary/aromatic N) is 1. The molecule has 4 nitrogen and oxygen atoms in total. The van der Waals surface area contributed by atoms with E-state index in [9.17, 15) is 13.2 Å². The molecule has 24 heavy (non-hydrogen) atoms. The molecule has 124 valence electrons. The van der Waals surface area contributed by atoms with Gasteiger partial charge in [-0.25, -0.2) is 4.98 Å². The Morgan fingerprint density at radius 3 is 2.54 bits per heavy atom. The van der Waals surface area contributed by atoms with Crippen LogP contribution in [0.4, 0.5) is 30.4 Å². The summed E-state index contributed by atoms with van der Waals surface area (Å²) in [7, 11) is 1.45. The molecule has 0 aliphatic carbocycles. The molecule has 0 fully saturated rings. The minimum Gasteiger partial charge on any atom is -0.494 e. The molecule has 0 atom stereocenters. The van der Waals surface area contributed by atoms with Crippen molar-refractivity contribution >= 4 is 28.1 Å². The number of hydrogen-bond acceptors (Lipinski definition) is 4. The second kappa shape index (κ2) is 5.92. The molecule has 0 unspecified atom stereocenters. The van der Waals surface area contributed by atoms with E-state index in [0.29, 0.717) is 17.1 Å². The number of benzene rings is 2. The lowest BCUT2D eigenvalue weighted by molar-refractivity contribution is -0.136. The third-order valence-electron chi connectivity index (χ3n) is 3.51. The number of methoxy groups -OCH3 is 1. The molecular formula is C17H14F3N3O. The second-order valence-corrected chi connectivity index (χ2v) is 5.15. The molecule has 0 bridgehead atoms. The first kappa shape index (κ1) is 15.9. The zero-order valence-corrected chi connectivity index (χ0v) is 12.7. The van der Waals surface area contributed by atoms with Gasteiger partial charge in [0.15, 0.2) is 0 Å². The van der Waals surface area contributed by atoms with E-state index in [1.54, 1.807) is 30.3 Å². The lowest BCUT2D eigenvalue weighted by Gasteiger charge is -2.15. The smallest absolute Gasteiger partial charge is 0.417 e. The Labute approximate surface area is 136 Å². The number of anilines is 3. The number of fused-ring (bicyclic) bond motifs is 1. The van der Waals surface area contributed by atoms with Crippen LogP contribution in [0.25, 0.3) is 10.9 Å². The fourth-order valence-electron chi connectivity index (χ4n) is 2.42. The summed E-state index contributed by atoms with van der Waals surface area (Å²) in [5.41, 5.74) is 6.15. The predicted molar refractivity (Wildman–Crippen MR) is 87.4 cm³/mol. The summed E-state index contributed by atoms with van der Waals surface area (Å²) in [6.07, 6.45) is -4.48. The molecule has 0 aliphatic heterocycles. The highest BCUT2D eigenvalue weighted by molar-refractivity contribution is 5.85. The minimum atomic E-state index is -4.48. The van der Waals surface area contributed by atoms with Gasteiger partial charge < -0.3 is 15.8 Å². The van der Waals surface area contributed by atoms with E-state index in [-0.39, 0.29) is 16.7 Å². The molecule has 0 saturated carbocycles. The van der Waals surface area contributed by atoms with E-state index in [2.05, 4.69) is 10.3 Å². The lowest BCUT2D eigenvalue weighted by atomic mass is 10.1. The molecule has 0 spiro atoms. The van der Waals surface area contributed by atoms with Crippen LogP contribution in [0.5, 0.6) is 5.75 Å². The van der Waals surface area contributed by atoms with E-state index in [1.807, 2.05) is 0 Å². The number of ether oxygens (including phenoxy) is 1. The molecule has 0 radical (unpaired) electrons. The Morgan fingerprint density at radius 2 is 1.83 bits per heavy atom. The van der Waals surface area contributed by atoms with Crippen LogP contribution >= 0.6 is 0 Å². The number of para-hydroxylation sites is 1. The number of aromatic nitrogens is 1. The van der Waals surface area contributed by atoms with Gasteiger partial charge in [0.05, 0.1) is 23.9 Å². The van der Waals surface area contributed by atoms with Gasteiger partial charge in [0.1, 0.15) is 11.6 Å². The Hall–Kier alpha value is -2.96. The van der Waals surface area contributed by atoms with Crippen molar-refractivity contribution in [1.82, 2.24) is 4.98 Å². The summed E-state index contributed by atoms with van der Waals surface area (Å²) in [6.45, 7) is 0. The van der Waals surface area contributed by atoms with Crippen molar-refractivity contribution in [3.05, 3.63) is 54.1 Å². The highest BCUT2D eigenvalue weighted by Gasteiger charge is 2.33. The van der Waals surface area contributed by atoms with Gasteiger partial charge in [-0.3, -0.25) is 0 Å². The Bertz CT molecular complexity index is 894. The normalized spacial score (nSPS) is 11.5. The number of rotatable bonds is 3. The number of nitrogen functional groups attached to an aromatic ring is 1. The molecule has 1 heterocycles. The topological polar surface area (TPSA) is 60.2 Å². The van der Waals surface area contributed by atoms with Crippen LogP contribution in [0, 0.1) is 0 Å². The molecule has 3 N–H and O–H groups in total. The van der Waals surface area contributed by atoms with E-state index in [0.717, 1.165) is 6.07 Å². The van der Waals surface area contributed by atoms with Crippen LogP contribution in [0.15, 0.2) is 48.5 Å². The van der Waals surface area contributed by atoms with Crippen LogP contribution in [-0.4, -0.2) is 12.1 Å². The van der Waals surface area contributed by atoms with Crippen molar-refractivity contribution in [2.24, 2.45) is 0 Å². The van der Waals surface area contributed by atoms with E-state index >= 15 is 0 Å². The fourth-order valence-corrected chi connectivity index (χ4v) is 2.42. The number of nitrogens with two attached hydrogens (primary N) is 1. The second-order valence-electron chi connectivity index (χ2n) is 5.15. The average Bonchev–Trinajstić information content (AvgIpc) is 2.55. The summed E-state index contributed by atoms with van der Waals surface area (Å²) in [5.74, 6) is 0.489. The number of halogens is 3. The van der Waals surface area contributed by atoms with Crippen molar-refractivity contribution in [2.75, 3.05) is 18.2 Å². The van der Waals surface area contributed by atoms with Crippen LogP contribution in [0.2, 0.25) is 0 Å². The average molecular weight is 333 g/mol. The lowest BCUT2D eigenvalue weighted by Crippen LogP contribution is -2.08. The van der Waals surface area contributed by atoms with Gasteiger partial charge in [0.25, 0.3) is 0 Å². The predicted octanol–water partition coefficient (Wildman–Crippen LogP) is 4.59. The van der Waals surface area contributed by atoms with Crippen molar-refractivity contribution in [3.8, 4) is 5.75 Å². The maximum atomic E-state index is 13.3. The van der Waals surface area contributed by atoms with Gasteiger partial charge in [0.2, 0.25) is 0 Å². The van der Waals surface area contributed by atoms with Gasteiger partial charge in [-0.2, -0.15) is 13.2 Å². The number of hydrogen-bond donors (Lipinski definition) is 2. The van der Waals surface area contributed by atoms with Gasteiger partial charge >= 0.3 is 6.18 Å². The SMILES string of the molecule is COc1cc(N)ccc1Nc1cc(C(F)(F)F)c2ccccc2n1.